The molecule has 2 rings (SSSR count). The molecule has 18 heavy (non-hydrogen) atoms. The first-order valence-corrected chi connectivity index (χ1v) is 6.64. The van der Waals surface area contributed by atoms with E-state index in [2.05, 4.69) is 31.3 Å². The maximum Gasteiger partial charge on any atom is 0.0762 e. The molecule has 0 aliphatic rings. The molecule has 0 aliphatic heterocycles. The highest BCUT2D eigenvalue weighted by Gasteiger charge is 2.05. The summed E-state index contributed by atoms with van der Waals surface area (Å²) in [5.41, 5.74) is 3.04. The van der Waals surface area contributed by atoms with Gasteiger partial charge in [-0.15, -0.1) is 0 Å². The van der Waals surface area contributed by atoms with Crippen LogP contribution in [0, 0.1) is 0 Å². The van der Waals surface area contributed by atoms with Crippen LogP contribution >= 0.6 is 23.2 Å². The second kappa shape index (κ2) is 5.64. The first-order chi connectivity index (χ1) is 8.58. The fourth-order valence-corrected chi connectivity index (χ4v) is 2.20. The Balaban J connectivity index is 2.24. The topological polar surface area (TPSA) is 12.0 Å². The molecule has 0 aliphatic carbocycles. The average molecular weight is 280 g/mol. The van der Waals surface area contributed by atoms with Gasteiger partial charge in [0.1, 0.15) is 0 Å². The summed E-state index contributed by atoms with van der Waals surface area (Å²) in [6.07, 6.45) is 0. The minimum absolute atomic E-state index is 0.531. The van der Waals surface area contributed by atoms with Gasteiger partial charge in [-0.25, -0.2) is 0 Å². The Morgan fingerprint density at radius 3 is 1.94 bits per heavy atom. The lowest BCUT2D eigenvalue weighted by molar-refractivity contribution is 0.867. The summed E-state index contributed by atoms with van der Waals surface area (Å²) in [6, 6.07) is 13.8. The molecule has 1 nitrogen and oxygen atoms in total. The second-order valence-corrected chi connectivity index (χ2v) is 5.31. The van der Waals surface area contributed by atoms with Gasteiger partial charge in [0.2, 0.25) is 0 Å². The van der Waals surface area contributed by atoms with Crippen LogP contribution < -0.4 is 5.32 Å². The molecule has 0 spiro atoms. The van der Waals surface area contributed by atoms with E-state index in [0.29, 0.717) is 16.0 Å². The van der Waals surface area contributed by atoms with Gasteiger partial charge < -0.3 is 5.32 Å². The fourth-order valence-electron chi connectivity index (χ4n) is 1.71. The van der Waals surface area contributed by atoms with Gasteiger partial charge >= 0.3 is 0 Å². The Bertz CT molecular complexity index is 512. The SMILES string of the molecule is CC(C)c1ccc(Nc2c(Cl)cccc2Cl)cc1. The number of hydrogen-bond acceptors (Lipinski definition) is 1. The van der Waals surface area contributed by atoms with Crippen molar-refractivity contribution >= 4 is 34.6 Å². The summed E-state index contributed by atoms with van der Waals surface area (Å²) < 4.78 is 0. The summed E-state index contributed by atoms with van der Waals surface area (Å²) in [5, 5.41) is 4.48. The Morgan fingerprint density at radius 2 is 1.44 bits per heavy atom. The zero-order valence-electron chi connectivity index (χ0n) is 10.4. The van der Waals surface area contributed by atoms with Gasteiger partial charge in [-0.1, -0.05) is 55.2 Å². The molecular formula is C15H15Cl2N. The summed E-state index contributed by atoms with van der Waals surface area (Å²) in [7, 11) is 0. The van der Waals surface area contributed by atoms with E-state index in [-0.39, 0.29) is 0 Å². The normalized spacial score (nSPS) is 10.7. The lowest BCUT2D eigenvalue weighted by Crippen LogP contribution is -1.93. The van der Waals surface area contributed by atoms with E-state index in [9.17, 15) is 0 Å². The van der Waals surface area contributed by atoms with E-state index in [1.165, 1.54) is 5.56 Å². The third-order valence-electron chi connectivity index (χ3n) is 2.81. The standard InChI is InChI=1S/C15H15Cl2N/c1-10(2)11-6-8-12(9-7-11)18-15-13(16)4-3-5-14(15)17/h3-10,18H,1-2H3. The summed E-state index contributed by atoms with van der Waals surface area (Å²) in [5.74, 6) is 0.531. The van der Waals surface area contributed by atoms with Crippen molar-refractivity contribution in [2.45, 2.75) is 19.8 Å². The summed E-state index contributed by atoms with van der Waals surface area (Å²) in [6.45, 7) is 4.35. The smallest absolute Gasteiger partial charge is 0.0762 e. The van der Waals surface area contributed by atoms with E-state index < -0.39 is 0 Å². The van der Waals surface area contributed by atoms with E-state index in [1.54, 1.807) is 0 Å². The quantitative estimate of drug-likeness (QED) is 0.742. The van der Waals surface area contributed by atoms with Crippen LogP contribution in [0.25, 0.3) is 0 Å². The van der Waals surface area contributed by atoms with Gasteiger partial charge in [-0.2, -0.15) is 0 Å². The number of para-hydroxylation sites is 1. The van der Waals surface area contributed by atoms with Crippen LogP contribution in [0.3, 0.4) is 0 Å². The third kappa shape index (κ3) is 2.98. The van der Waals surface area contributed by atoms with Gasteiger partial charge in [0, 0.05) is 5.69 Å². The van der Waals surface area contributed by atoms with Gasteiger partial charge in [0.15, 0.2) is 0 Å². The number of nitrogens with one attached hydrogen (secondary N) is 1. The molecule has 0 saturated carbocycles. The Hall–Kier alpha value is -1.18. The number of halogens is 2. The predicted molar refractivity (Wildman–Crippen MR) is 80.3 cm³/mol. The molecule has 0 fully saturated rings. The zero-order valence-corrected chi connectivity index (χ0v) is 11.9. The molecule has 2 aromatic carbocycles. The van der Waals surface area contributed by atoms with Crippen molar-refractivity contribution in [3.05, 3.63) is 58.1 Å². The lowest BCUT2D eigenvalue weighted by Gasteiger charge is -2.11. The molecule has 1 N–H and O–H groups in total. The minimum Gasteiger partial charge on any atom is -0.353 e. The lowest BCUT2D eigenvalue weighted by atomic mass is 10.0. The first kappa shape index (κ1) is 13.3. The van der Waals surface area contributed by atoms with Gasteiger partial charge in [0.05, 0.1) is 15.7 Å². The minimum atomic E-state index is 0.531. The van der Waals surface area contributed by atoms with E-state index in [4.69, 9.17) is 23.2 Å². The van der Waals surface area contributed by atoms with Gasteiger partial charge in [-0.3, -0.25) is 0 Å². The van der Waals surface area contributed by atoms with E-state index in [1.807, 2.05) is 30.3 Å². The second-order valence-electron chi connectivity index (χ2n) is 4.50. The van der Waals surface area contributed by atoms with Crippen molar-refractivity contribution in [1.29, 1.82) is 0 Å². The largest absolute Gasteiger partial charge is 0.353 e. The highest BCUT2D eigenvalue weighted by Crippen LogP contribution is 2.32. The number of hydrogen-bond donors (Lipinski definition) is 1. The predicted octanol–water partition coefficient (Wildman–Crippen LogP) is 5.86. The maximum absolute atomic E-state index is 6.11. The van der Waals surface area contributed by atoms with Crippen molar-refractivity contribution in [2.75, 3.05) is 5.32 Å². The number of anilines is 2. The average Bonchev–Trinajstić information content (AvgIpc) is 2.34. The molecular weight excluding hydrogens is 265 g/mol. The van der Waals surface area contributed by atoms with Crippen LogP contribution in [-0.2, 0) is 0 Å². The van der Waals surface area contributed by atoms with Crippen molar-refractivity contribution in [1.82, 2.24) is 0 Å². The molecule has 3 heteroatoms. The molecule has 0 radical (unpaired) electrons. The molecule has 94 valence electrons. The van der Waals surface area contributed by atoms with Crippen LogP contribution in [0.5, 0.6) is 0 Å². The highest BCUT2D eigenvalue weighted by atomic mass is 35.5. The van der Waals surface area contributed by atoms with Crippen LogP contribution in [-0.4, -0.2) is 0 Å². The third-order valence-corrected chi connectivity index (χ3v) is 3.44. The Labute approximate surface area is 118 Å². The number of benzene rings is 2. The van der Waals surface area contributed by atoms with Crippen molar-refractivity contribution < 1.29 is 0 Å². The first-order valence-electron chi connectivity index (χ1n) is 5.89. The number of rotatable bonds is 3. The van der Waals surface area contributed by atoms with E-state index in [0.717, 1.165) is 11.4 Å². The van der Waals surface area contributed by atoms with Crippen molar-refractivity contribution in [3.63, 3.8) is 0 Å². The van der Waals surface area contributed by atoms with Crippen molar-refractivity contribution in [3.8, 4) is 0 Å². The Morgan fingerprint density at radius 1 is 0.889 bits per heavy atom. The maximum atomic E-state index is 6.11. The molecule has 0 bridgehead atoms. The van der Waals surface area contributed by atoms with Crippen molar-refractivity contribution in [2.24, 2.45) is 0 Å². The molecule has 2 aromatic rings. The molecule has 0 unspecified atom stereocenters. The Kier molecular flexibility index (Phi) is 4.15. The monoisotopic (exact) mass is 279 g/mol. The van der Waals surface area contributed by atoms with Gasteiger partial charge in [-0.05, 0) is 35.7 Å². The highest BCUT2D eigenvalue weighted by molar-refractivity contribution is 6.39. The summed E-state index contributed by atoms with van der Waals surface area (Å²) in [4.78, 5) is 0. The fraction of sp³-hybridized carbons (Fsp3) is 0.200. The van der Waals surface area contributed by atoms with Crippen LogP contribution in [0.2, 0.25) is 10.0 Å². The van der Waals surface area contributed by atoms with E-state index >= 15 is 0 Å². The van der Waals surface area contributed by atoms with Crippen LogP contribution in [0.15, 0.2) is 42.5 Å². The molecule has 0 saturated heterocycles. The van der Waals surface area contributed by atoms with Crippen LogP contribution in [0.1, 0.15) is 25.3 Å². The van der Waals surface area contributed by atoms with Crippen LogP contribution in [0.4, 0.5) is 11.4 Å². The molecule has 0 amide bonds. The van der Waals surface area contributed by atoms with Gasteiger partial charge in [0.25, 0.3) is 0 Å². The molecule has 0 aromatic heterocycles. The molecule has 0 atom stereocenters. The molecule has 0 heterocycles. The zero-order chi connectivity index (χ0) is 13.1. The summed E-state index contributed by atoms with van der Waals surface area (Å²) >= 11 is 12.2.